The fourth-order valence-electron chi connectivity index (χ4n) is 4.15. The average Bonchev–Trinajstić information content (AvgIpc) is 2.77. The summed E-state index contributed by atoms with van der Waals surface area (Å²) in [7, 11) is 0. The number of pyridine rings is 1. The molecule has 1 amide bonds. The molecular weight excluding hydrogens is 362 g/mol. The van der Waals surface area contributed by atoms with Gasteiger partial charge in [-0.25, -0.2) is 0 Å². The molecule has 0 N–H and O–H groups in total. The lowest BCUT2D eigenvalue weighted by atomic mass is 10.1. The third-order valence-electron chi connectivity index (χ3n) is 6.12. The number of hydrogen-bond donors (Lipinski definition) is 0. The van der Waals surface area contributed by atoms with E-state index in [0.717, 1.165) is 58.9 Å². The smallest absolute Gasteiger partial charge is 0.236 e. The van der Waals surface area contributed by atoms with Crippen LogP contribution in [0.2, 0.25) is 0 Å². The first kappa shape index (κ1) is 19.9. The van der Waals surface area contributed by atoms with Gasteiger partial charge < -0.3 is 9.80 Å². The second kappa shape index (κ2) is 9.37. The molecule has 0 radical (unpaired) electrons. The van der Waals surface area contributed by atoms with E-state index in [0.29, 0.717) is 6.54 Å². The van der Waals surface area contributed by atoms with E-state index in [2.05, 4.69) is 56.9 Å². The summed E-state index contributed by atoms with van der Waals surface area (Å²) in [6, 6.07) is 12.5. The first-order chi connectivity index (χ1) is 14.2. The predicted octanol–water partition coefficient (Wildman–Crippen LogP) is 1.86. The lowest BCUT2D eigenvalue weighted by Gasteiger charge is -2.38. The van der Waals surface area contributed by atoms with Crippen molar-refractivity contribution in [2.75, 3.05) is 63.8 Å². The van der Waals surface area contributed by atoms with Gasteiger partial charge in [0.1, 0.15) is 0 Å². The van der Waals surface area contributed by atoms with E-state index >= 15 is 0 Å². The molecular formula is C23H31N5O. The minimum Gasteiger partial charge on any atom is -0.368 e. The number of benzene rings is 1. The zero-order chi connectivity index (χ0) is 20.1. The van der Waals surface area contributed by atoms with Crippen molar-refractivity contribution in [3.05, 3.63) is 59.9 Å². The molecule has 2 aliphatic heterocycles. The summed E-state index contributed by atoms with van der Waals surface area (Å²) >= 11 is 0. The van der Waals surface area contributed by atoms with Gasteiger partial charge in [0.15, 0.2) is 0 Å². The monoisotopic (exact) mass is 393 g/mol. The molecule has 6 heteroatoms. The number of aryl methyl sites for hydroxylation is 1. The molecule has 0 spiro atoms. The molecule has 3 heterocycles. The van der Waals surface area contributed by atoms with Crippen molar-refractivity contribution in [2.24, 2.45) is 0 Å². The van der Waals surface area contributed by atoms with Crippen LogP contribution < -0.4 is 4.90 Å². The number of anilines is 1. The summed E-state index contributed by atoms with van der Waals surface area (Å²) in [5, 5.41) is 0. The highest BCUT2D eigenvalue weighted by Gasteiger charge is 2.25. The Hall–Kier alpha value is -2.44. The average molecular weight is 394 g/mol. The van der Waals surface area contributed by atoms with Crippen molar-refractivity contribution in [2.45, 2.75) is 13.5 Å². The standard InChI is InChI=1S/C23H31N5O/c1-20-7-8-24-17-21(20)18-25-9-11-26(12-10-25)19-23(29)28-15-13-27(14-16-28)22-5-3-2-4-6-22/h2-8,17H,9-16,18-19H2,1H3. The maximum absolute atomic E-state index is 12.8. The number of carbonyl (C=O) groups is 1. The van der Waals surface area contributed by atoms with Crippen LogP contribution in [0.1, 0.15) is 11.1 Å². The van der Waals surface area contributed by atoms with Gasteiger partial charge in [0.2, 0.25) is 5.91 Å². The van der Waals surface area contributed by atoms with Gasteiger partial charge in [0.25, 0.3) is 0 Å². The van der Waals surface area contributed by atoms with Crippen molar-refractivity contribution in [1.29, 1.82) is 0 Å². The number of piperazine rings is 2. The van der Waals surface area contributed by atoms with Gasteiger partial charge in [0, 0.05) is 77.0 Å². The summed E-state index contributed by atoms with van der Waals surface area (Å²) in [5.41, 5.74) is 3.85. The Balaban J connectivity index is 1.20. The third-order valence-corrected chi connectivity index (χ3v) is 6.12. The number of amides is 1. The van der Waals surface area contributed by atoms with Crippen molar-refractivity contribution in [3.8, 4) is 0 Å². The van der Waals surface area contributed by atoms with Gasteiger partial charge >= 0.3 is 0 Å². The normalized spacial score (nSPS) is 18.8. The van der Waals surface area contributed by atoms with E-state index in [1.54, 1.807) is 0 Å². The van der Waals surface area contributed by atoms with Crippen molar-refractivity contribution >= 4 is 11.6 Å². The van der Waals surface area contributed by atoms with Crippen LogP contribution in [-0.2, 0) is 11.3 Å². The number of aromatic nitrogens is 1. The number of para-hydroxylation sites is 1. The highest BCUT2D eigenvalue weighted by molar-refractivity contribution is 5.78. The molecule has 2 aromatic rings. The molecule has 0 saturated carbocycles. The van der Waals surface area contributed by atoms with E-state index < -0.39 is 0 Å². The Morgan fingerprint density at radius 2 is 1.59 bits per heavy atom. The minimum atomic E-state index is 0.272. The molecule has 4 rings (SSSR count). The van der Waals surface area contributed by atoms with E-state index in [-0.39, 0.29) is 5.91 Å². The highest BCUT2D eigenvalue weighted by Crippen LogP contribution is 2.16. The van der Waals surface area contributed by atoms with Crippen LogP contribution in [0.5, 0.6) is 0 Å². The third kappa shape index (κ3) is 5.14. The Bertz CT molecular complexity index is 796. The SMILES string of the molecule is Cc1ccncc1CN1CCN(CC(=O)N2CCN(c3ccccc3)CC2)CC1. The molecule has 0 bridgehead atoms. The Morgan fingerprint density at radius 1 is 0.897 bits per heavy atom. The summed E-state index contributed by atoms with van der Waals surface area (Å²) in [5.74, 6) is 0.272. The van der Waals surface area contributed by atoms with E-state index in [9.17, 15) is 4.79 Å². The quantitative estimate of drug-likeness (QED) is 0.776. The molecule has 0 atom stereocenters. The number of rotatable bonds is 5. The Morgan fingerprint density at radius 3 is 2.28 bits per heavy atom. The molecule has 0 aliphatic carbocycles. The zero-order valence-electron chi connectivity index (χ0n) is 17.3. The predicted molar refractivity (Wildman–Crippen MR) is 116 cm³/mol. The van der Waals surface area contributed by atoms with Crippen LogP contribution in [0.25, 0.3) is 0 Å². The number of nitrogens with zero attached hydrogens (tertiary/aromatic N) is 5. The molecule has 0 unspecified atom stereocenters. The van der Waals surface area contributed by atoms with Crippen molar-refractivity contribution < 1.29 is 4.79 Å². The Labute approximate surface area is 173 Å². The largest absolute Gasteiger partial charge is 0.368 e. The topological polar surface area (TPSA) is 42.9 Å². The molecule has 2 fully saturated rings. The summed E-state index contributed by atoms with van der Waals surface area (Å²) in [6.07, 6.45) is 3.82. The van der Waals surface area contributed by atoms with Gasteiger partial charge in [-0.2, -0.15) is 0 Å². The highest BCUT2D eigenvalue weighted by atomic mass is 16.2. The van der Waals surface area contributed by atoms with Crippen LogP contribution in [0.4, 0.5) is 5.69 Å². The van der Waals surface area contributed by atoms with E-state index in [1.807, 2.05) is 23.4 Å². The van der Waals surface area contributed by atoms with Crippen molar-refractivity contribution in [1.82, 2.24) is 19.7 Å². The van der Waals surface area contributed by atoms with Gasteiger partial charge in [-0.1, -0.05) is 18.2 Å². The van der Waals surface area contributed by atoms with Crippen LogP contribution >= 0.6 is 0 Å². The van der Waals surface area contributed by atoms with Crippen molar-refractivity contribution in [3.63, 3.8) is 0 Å². The Kier molecular flexibility index (Phi) is 6.42. The number of hydrogen-bond acceptors (Lipinski definition) is 5. The van der Waals surface area contributed by atoms with E-state index in [4.69, 9.17) is 0 Å². The molecule has 1 aromatic carbocycles. The van der Waals surface area contributed by atoms with Gasteiger partial charge in [-0.3, -0.25) is 19.6 Å². The molecule has 29 heavy (non-hydrogen) atoms. The van der Waals surface area contributed by atoms with E-state index in [1.165, 1.54) is 16.8 Å². The van der Waals surface area contributed by atoms with Crippen LogP contribution in [0, 0.1) is 6.92 Å². The second-order valence-corrected chi connectivity index (χ2v) is 8.06. The second-order valence-electron chi connectivity index (χ2n) is 8.06. The van der Waals surface area contributed by atoms with Gasteiger partial charge in [-0.15, -0.1) is 0 Å². The fraction of sp³-hybridized carbons (Fsp3) is 0.478. The van der Waals surface area contributed by atoms with Gasteiger partial charge in [0.05, 0.1) is 6.54 Å². The summed E-state index contributed by atoms with van der Waals surface area (Å²) in [4.78, 5) is 26.2. The van der Waals surface area contributed by atoms with Crippen LogP contribution in [-0.4, -0.2) is 84.5 Å². The van der Waals surface area contributed by atoms with Crippen LogP contribution in [0.3, 0.4) is 0 Å². The molecule has 2 aliphatic rings. The molecule has 2 saturated heterocycles. The summed E-state index contributed by atoms with van der Waals surface area (Å²) in [6.45, 7) is 11.0. The maximum atomic E-state index is 12.8. The first-order valence-electron chi connectivity index (χ1n) is 10.6. The number of carbonyl (C=O) groups excluding carboxylic acids is 1. The molecule has 154 valence electrons. The first-order valence-corrected chi connectivity index (χ1v) is 10.6. The zero-order valence-corrected chi connectivity index (χ0v) is 17.3. The molecule has 6 nitrogen and oxygen atoms in total. The lowest BCUT2D eigenvalue weighted by molar-refractivity contribution is -0.133. The van der Waals surface area contributed by atoms with Gasteiger partial charge in [-0.05, 0) is 36.2 Å². The van der Waals surface area contributed by atoms with Crippen LogP contribution in [0.15, 0.2) is 48.8 Å². The maximum Gasteiger partial charge on any atom is 0.236 e. The fourth-order valence-corrected chi connectivity index (χ4v) is 4.15. The summed E-state index contributed by atoms with van der Waals surface area (Å²) < 4.78 is 0. The lowest BCUT2D eigenvalue weighted by Crippen LogP contribution is -2.53. The minimum absolute atomic E-state index is 0.272. The molecule has 1 aromatic heterocycles.